The first-order valence-electron chi connectivity index (χ1n) is 6.83. The molecule has 0 aromatic heterocycles. The van der Waals surface area contributed by atoms with E-state index in [1.54, 1.807) is 11.0 Å². The lowest BCUT2D eigenvalue weighted by Crippen LogP contribution is -2.45. The number of carbonyl (C=O) groups is 1. The van der Waals surface area contributed by atoms with E-state index in [9.17, 15) is 13.2 Å². The van der Waals surface area contributed by atoms with Gasteiger partial charge < -0.3 is 10.2 Å². The van der Waals surface area contributed by atoms with Crippen molar-refractivity contribution >= 4 is 15.7 Å². The lowest BCUT2D eigenvalue weighted by atomic mass is 10.2. The Morgan fingerprint density at radius 2 is 2.11 bits per heavy atom. The highest BCUT2D eigenvalue weighted by Gasteiger charge is 2.34. The summed E-state index contributed by atoms with van der Waals surface area (Å²) < 4.78 is 23.0. The van der Waals surface area contributed by atoms with Crippen LogP contribution in [0.4, 0.5) is 0 Å². The molecule has 1 saturated carbocycles. The van der Waals surface area contributed by atoms with E-state index in [0.717, 1.165) is 12.5 Å². The number of nitrogens with one attached hydrogen (secondary N) is 1. The number of carbonyl (C=O) groups excluding carboxylic acids is 1. The van der Waals surface area contributed by atoms with Crippen LogP contribution in [0.3, 0.4) is 0 Å². The van der Waals surface area contributed by atoms with E-state index >= 15 is 0 Å². The van der Waals surface area contributed by atoms with Crippen LogP contribution < -0.4 is 5.32 Å². The molecule has 1 unspecified atom stereocenters. The number of nitrogens with zero attached hydrogens (tertiary/aromatic N) is 1. The molecule has 1 saturated heterocycles. The fourth-order valence-corrected chi connectivity index (χ4v) is 4.15. The largest absolute Gasteiger partial charge is 0.334 e. The molecular weight excluding hydrogens is 264 g/mol. The number of sulfone groups is 1. The van der Waals surface area contributed by atoms with Crippen LogP contribution in [0.1, 0.15) is 19.3 Å². The van der Waals surface area contributed by atoms with Gasteiger partial charge in [-0.15, -0.1) is 6.58 Å². The molecule has 1 aliphatic heterocycles. The maximum absolute atomic E-state index is 12.2. The molecule has 1 atom stereocenters. The first-order chi connectivity index (χ1) is 9.02. The summed E-state index contributed by atoms with van der Waals surface area (Å²) >= 11 is 0. The maximum Gasteiger partial charge on any atom is 0.237 e. The van der Waals surface area contributed by atoms with Crippen molar-refractivity contribution in [2.24, 2.45) is 5.92 Å². The van der Waals surface area contributed by atoms with Crippen molar-refractivity contribution in [1.29, 1.82) is 0 Å². The van der Waals surface area contributed by atoms with E-state index in [4.69, 9.17) is 0 Å². The third-order valence-electron chi connectivity index (χ3n) is 3.70. The summed E-state index contributed by atoms with van der Waals surface area (Å²) in [5.74, 6) is 0.985. The SMILES string of the molecule is C=CCN(C(=O)CNCC1CC1)C1CCS(=O)(=O)C1. The topological polar surface area (TPSA) is 66.5 Å². The van der Waals surface area contributed by atoms with E-state index in [-0.39, 0.29) is 23.5 Å². The van der Waals surface area contributed by atoms with Gasteiger partial charge in [-0.1, -0.05) is 6.08 Å². The molecule has 1 amide bonds. The summed E-state index contributed by atoms with van der Waals surface area (Å²) in [5, 5.41) is 3.16. The molecule has 19 heavy (non-hydrogen) atoms. The minimum absolute atomic E-state index is 0.0253. The highest BCUT2D eigenvalue weighted by Crippen LogP contribution is 2.27. The van der Waals surface area contributed by atoms with E-state index < -0.39 is 9.84 Å². The number of amides is 1. The highest BCUT2D eigenvalue weighted by molar-refractivity contribution is 7.91. The van der Waals surface area contributed by atoms with Gasteiger partial charge in [0.25, 0.3) is 0 Å². The van der Waals surface area contributed by atoms with E-state index in [2.05, 4.69) is 11.9 Å². The van der Waals surface area contributed by atoms with Gasteiger partial charge >= 0.3 is 0 Å². The van der Waals surface area contributed by atoms with Gasteiger partial charge in [-0.2, -0.15) is 0 Å². The second-order valence-corrected chi connectivity index (χ2v) is 7.69. The van der Waals surface area contributed by atoms with Crippen molar-refractivity contribution < 1.29 is 13.2 Å². The van der Waals surface area contributed by atoms with Crippen molar-refractivity contribution in [3.63, 3.8) is 0 Å². The minimum atomic E-state index is -2.96. The van der Waals surface area contributed by atoms with Crippen LogP contribution >= 0.6 is 0 Å². The van der Waals surface area contributed by atoms with Crippen molar-refractivity contribution in [1.82, 2.24) is 10.2 Å². The summed E-state index contributed by atoms with van der Waals surface area (Å²) in [6.07, 6.45) is 4.70. The van der Waals surface area contributed by atoms with E-state index in [1.165, 1.54) is 12.8 Å². The zero-order valence-corrected chi connectivity index (χ0v) is 12.0. The Hall–Kier alpha value is -0.880. The summed E-state index contributed by atoms with van der Waals surface area (Å²) in [6, 6.07) is -0.182. The van der Waals surface area contributed by atoms with Gasteiger partial charge in [0, 0.05) is 12.6 Å². The smallest absolute Gasteiger partial charge is 0.237 e. The Morgan fingerprint density at radius 3 is 2.63 bits per heavy atom. The monoisotopic (exact) mass is 286 g/mol. The Balaban J connectivity index is 1.86. The lowest BCUT2D eigenvalue weighted by molar-refractivity contribution is -0.131. The van der Waals surface area contributed by atoms with Crippen LogP contribution in [-0.4, -0.2) is 56.4 Å². The second kappa shape index (κ2) is 6.05. The maximum atomic E-state index is 12.2. The summed E-state index contributed by atoms with van der Waals surface area (Å²) in [6.45, 7) is 5.24. The van der Waals surface area contributed by atoms with Gasteiger partial charge in [-0.25, -0.2) is 8.42 Å². The zero-order chi connectivity index (χ0) is 13.9. The van der Waals surface area contributed by atoms with Crippen LogP contribution in [0.2, 0.25) is 0 Å². The molecule has 0 spiro atoms. The highest BCUT2D eigenvalue weighted by atomic mass is 32.2. The van der Waals surface area contributed by atoms with Gasteiger partial charge in [0.1, 0.15) is 0 Å². The molecular formula is C13H22N2O3S. The van der Waals surface area contributed by atoms with E-state index in [0.29, 0.717) is 19.5 Å². The Kier molecular flexibility index (Phi) is 4.62. The summed E-state index contributed by atoms with van der Waals surface area (Å²) in [7, 11) is -2.96. The minimum Gasteiger partial charge on any atom is -0.334 e. The molecule has 2 rings (SSSR count). The first-order valence-corrected chi connectivity index (χ1v) is 8.65. The quantitative estimate of drug-likeness (QED) is 0.678. The molecule has 2 aliphatic rings. The molecule has 0 bridgehead atoms. The second-order valence-electron chi connectivity index (χ2n) is 5.47. The number of hydrogen-bond acceptors (Lipinski definition) is 4. The van der Waals surface area contributed by atoms with Crippen molar-refractivity contribution in [3.05, 3.63) is 12.7 Å². The molecule has 2 fully saturated rings. The molecule has 0 radical (unpaired) electrons. The van der Waals surface area contributed by atoms with E-state index in [1.807, 2.05) is 0 Å². The van der Waals surface area contributed by atoms with Gasteiger partial charge in [-0.05, 0) is 31.7 Å². The standard InChI is InChI=1S/C13H22N2O3S/c1-2-6-15(12-5-7-19(17,18)10-12)13(16)9-14-8-11-3-4-11/h2,11-12,14H,1,3-10H2. The Morgan fingerprint density at radius 1 is 1.37 bits per heavy atom. The number of rotatable bonds is 7. The molecule has 108 valence electrons. The third-order valence-corrected chi connectivity index (χ3v) is 5.45. The van der Waals surface area contributed by atoms with Crippen LogP contribution in [-0.2, 0) is 14.6 Å². The van der Waals surface area contributed by atoms with Gasteiger partial charge in [0.15, 0.2) is 9.84 Å². The van der Waals surface area contributed by atoms with Crippen LogP contribution in [0.5, 0.6) is 0 Å². The van der Waals surface area contributed by atoms with Crippen LogP contribution in [0.25, 0.3) is 0 Å². The first kappa shape index (κ1) is 14.5. The van der Waals surface area contributed by atoms with Gasteiger partial charge in [-0.3, -0.25) is 4.79 Å². The normalized spacial score (nSPS) is 25.2. The third kappa shape index (κ3) is 4.31. The molecule has 1 aliphatic carbocycles. The fourth-order valence-electron chi connectivity index (χ4n) is 2.42. The van der Waals surface area contributed by atoms with Crippen molar-refractivity contribution in [3.8, 4) is 0 Å². The summed E-state index contributed by atoms with van der Waals surface area (Å²) in [4.78, 5) is 13.8. The molecule has 1 N–H and O–H groups in total. The number of hydrogen-bond donors (Lipinski definition) is 1. The summed E-state index contributed by atoms with van der Waals surface area (Å²) in [5.41, 5.74) is 0. The molecule has 0 aromatic rings. The average Bonchev–Trinajstić information content (AvgIpc) is 3.09. The molecule has 6 heteroatoms. The van der Waals surface area contributed by atoms with Gasteiger partial charge in [0.2, 0.25) is 5.91 Å². The van der Waals surface area contributed by atoms with Gasteiger partial charge in [0.05, 0.1) is 18.1 Å². The fraction of sp³-hybridized carbons (Fsp3) is 0.769. The van der Waals surface area contributed by atoms with Crippen LogP contribution in [0.15, 0.2) is 12.7 Å². The predicted octanol–water partition coefficient (Wildman–Crippen LogP) is 0.188. The molecule has 5 nitrogen and oxygen atoms in total. The lowest BCUT2D eigenvalue weighted by Gasteiger charge is -2.27. The zero-order valence-electron chi connectivity index (χ0n) is 11.2. The molecule has 0 aromatic carbocycles. The average molecular weight is 286 g/mol. The predicted molar refractivity (Wildman–Crippen MR) is 74.6 cm³/mol. The Bertz CT molecular complexity index is 443. The van der Waals surface area contributed by atoms with Crippen molar-refractivity contribution in [2.75, 3.05) is 31.1 Å². The Labute approximate surface area is 115 Å². The molecule has 1 heterocycles. The van der Waals surface area contributed by atoms with Crippen LogP contribution in [0, 0.1) is 5.92 Å². The van der Waals surface area contributed by atoms with Crippen molar-refractivity contribution in [2.45, 2.75) is 25.3 Å².